The minimum absolute atomic E-state index is 0.145. The number of carbonyl (C=O) groups is 1. The van der Waals surface area contributed by atoms with Crippen molar-refractivity contribution in [1.29, 1.82) is 0 Å². The summed E-state index contributed by atoms with van der Waals surface area (Å²) in [6, 6.07) is 10.2. The number of nitrogens with zero attached hydrogens (tertiary/aromatic N) is 2. The molecule has 1 fully saturated rings. The molecule has 1 atom stereocenters. The van der Waals surface area contributed by atoms with Crippen LogP contribution in [0.25, 0.3) is 0 Å². The fourth-order valence-electron chi connectivity index (χ4n) is 3.22. The summed E-state index contributed by atoms with van der Waals surface area (Å²) < 4.78 is 27.5. The van der Waals surface area contributed by atoms with E-state index in [1.54, 1.807) is 31.2 Å². The Morgan fingerprint density at radius 2 is 1.96 bits per heavy atom. The number of benzene rings is 1. The first kappa shape index (κ1) is 19.8. The van der Waals surface area contributed by atoms with Crippen molar-refractivity contribution in [2.24, 2.45) is 5.92 Å². The van der Waals surface area contributed by atoms with Gasteiger partial charge in [-0.15, -0.1) is 0 Å². The Hall–Kier alpha value is -1.96. The molecule has 0 spiro atoms. The van der Waals surface area contributed by atoms with Crippen LogP contribution < -0.4 is 5.32 Å². The lowest BCUT2D eigenvalue weighted by molar-refractivity contribution is -0.120. The van der Waals surface area contributed by atoms with E-state index in [1.165, 1.54) is 4.31 Å². The van der Waals surface area contributed by atoms with Gasteiger partial charge in [0.05, 0.1) is 10.8 Å². The zero-order valence-electron chi connectivity index (χ0n) is 15.3. The lowest BCUT2D eigenvalue weighted by atomic mass is 9.99. The third-order valence-electron chi connectivity index (χ3n) is 4.73. The van der Waals surface area contributed by atoms with Crippen LogP contribution in [0, 0.1) is 19.8 Å². The van der Waals surface area contributed by atoms with E-state index in [9.17, 15) is 13.2 Å². The predicted molar refractivity (Wildman–Crippen MR) is 105 cm³/mol. The van der Waals surface area contributed by atoms with Crippen molar-refractivity contribution in [1.82, 2.24) is 9.29 Å². The lowest BCUT2D eigenvalue weighted by Crippen LogP contribution is -2.43. The molecule has 2 heterocycles. The number of aromatic nitrogens is 1. The summed E-state index contributed by atoms with van der Waals surface area (Å²) in [4.78, 5) is 17.1. The van der Waals surface area contributed by atoms with Gasteiger partial charge in [0.25, 0.3) is 0 Å². The first-order valence-electron chi connectivity index (χ1n) is 8.79. The van der Waals surface area contributed by atoms with Crippen molar-refractivity contribution in [2.45, 2.75) is 31.6 Å². The lowest BCUT2D eigenvalue weighted by Gasteiger charge is -2.31. The molecule has 3 rings (SSSR count). The number of sulfonamides is 1. The van der Waals surface area contributed by atoms with Crippen LogP contribution in [0.1, 0.15) is 24.1 Å². The highest BCUT2D eigenvalue weighted by Crippen LogP contribution is 2.29. The second-order valence-electron chi connectivity index (χ2n) is 6.72. The van der Waals surface area contributed by atoms with Gasteiger partial charge >= 0.3 is 0 Å². The zero-order valence-corrected chi connectivity index (χ0v) is 16.8. The van der Waals surface area contributed by atoms with Gasteiger partial charge in [-0.1, -0.05) is 23.7 Å². The molecule has 0 aliphatic carbocycles. The maximum atomic E-state index is 13.1. The molecule has 1 aliphatic heterocycles. The molecule has 0 saturated carbocycles. The number of aryl methyl sites for hydroxylation is 1. The number of hydrogen-bond acceptors (Lipinski definition) is 4. The van der Waals surface area contributed by atoms with E-state index >= 15 is 0 Å². The number of amides is 1. The molecule has 8 heteroatoms. The van der Waals surface area contributed by atoms with Crippen molar-refractivity contribution in [3.63, 3.8) is 0 Å². The normalized spacial score (nSPS) is 18.3. The molecule has 1 saturated heterocycles. The minimum Gasteiger partial charge on any atom is -0.310 e. The number of anilines is 1. The fourth-order valence-corrected chi connectivity index (χ4v) is 5.22. The van der Waals surface area contributed by atoms with Crippen LogP contribution in [0.15, 0.2) is 41.3 Å². The molecule has 1 amide bonds. The third-order valence-corrected chi connectivity index (χ3v) is 7.15. The number of rotatable bonds is 4. The van der Waals surface area contributed by atoms with Gasteiger partial charge in [-0.25, -0.2) is 13.4 Å². The molecule has 1 unspecified atom stereocenters. The molecule has 1 aromatic carbocycles. The Balaban J connectivity index is 1.77. The molecule has 0 bridgehead atoms. The first-order chi connectivity index (χ1) is 12.8. The smallest absolute Gasteiger partial charge is 0.243 e. The Labute approximate surface area is 164 Å². The Kier molecular flexibility index (Phi) is 5.83. The van der Waals surface area contributed by atoms with Crippen LogP contribution in [0.4, 0.5) is 5.82 Å². The SMILES string of the molecule is Cc1cccc(NC(=O)C2CCCN(S(=O)(=O)c3cccc(Cl)c3C)C2)n1. The van der Waals surface area contributed by atoms with Gasteiger partial charge in [0.2, 0.25) is 15.9 Å². The topological polar surface area (TPSA) is 79.4 Å². The zero-order chi connectivity index (χ0) is 19.6. The van der Waals surface area contributed by atoms with E-state index in [2.05, 4.69) is 10.3 Å². The Morgan fingerprint density at radius 1 is 1.22 bits per heavy atom. The average Bonchev–Trinajstić information content (AvgIpc) is 2.64. The molecule has 1 aliphatic rings. The van der Waals surface area contributed by atoms with Gasteiger partial charge in [-0.2, -0.15) is 4.31 Å². The van der Waals surface area contributed by atoms with Crippen LogP contribution in [-0.2, 0) is 14.8 Å². The van der Waals surface area contributed by atoms with E-state index in [1.807, 2.05) is 19.1 Å². The third kappa shape index (κ3) is 4.31. The number of nitrogens with one attached hydrogen (secondary N) is 1. The molecule has 1 N–H and O–H groups in total. The maximum absolute atomic E-state index is 13.1. The largest absolute Gasteiger partial charge is 0.310 e. The van der Waals surface area contributed by atoms with Gasteiger partial charge in [0.1, 0.15) is 5.82 Å². The second-order valence-corrected chi connectivity index (χ2v) is 9.03. The predicted octanol–water partition coefficient (Wildman–Crippen LogP) is 3.39. The molecular weight excluding hydrogens is 386 g/mol. The average molecular weight is 408 g/mol. The second kappa shape index (κ2) is 7.96. The molecule has 6 nitrogen and oxygen atoms in total. The van der Waals surface area contributed by atoms with Gasteiger partial charge in [-0.05, 0) is 56.5 Å². The van der Waals surface area contributed by atoms with Gasteiger partial charge < -0.3 is 5.32 Å². The quantitative estimate of drug-likeness (QED) is 0.842. The molecule has 1 aromatic heterocycles. The maximum Gasteiger partial charge on any atom is 0.243 e. The van der Waals surface area contributed by atoms with E-state index in [-0.39, 0.29) is 17.3 Å². The van der Waals surface area contributed by atoms with Crippen LogP contribution in [0.5, 0.6) is 0 Å². The highest BCUT2D eigenvalue weighted by Gasteiger charge is 2.34. The van der Waals surface area contributed by atoms with Crippen LogP contribution in [0.3, 0.4) is 0 Å². The van der Waals surface area contributed by atoms with Gasteiger partial charge in [0, 0.05) is 23.8 Å². The van der Waals surface area contributed by atoms with E-state index < -0.39 is 15.9 Å². The van der Waals surface area contributed by atoms with Crippen LogP contribution >= 0.6 is 11.6 Å². The number of hydrogen-bond donors (Lipinski definition) is 1. The number of halogens is 1. The van der Waals surface area contributed by atoms with Crippen molar-refractivity contribution < 1.29 is 13.2 Å². The monoisotopic (exact) mass is 407 g/mol. The Morgan fingerprint density at radius 3 is 2.70 bits per heavy atom. The number of piperidine rings is 1. The summed E-state index contributed by atoms with van der Waals surface area (Å²) in [5.74, 6) is -0.156. The van der Waals surface area contributed by atoms with Crippen LogP contribution in [0.2, 0.25) is 5.02 Å². The summed E-state index contributed by atoms with van der Waals surface area (Å²) in [6.45, 7) is 4.07. The van der Waals surface area contributed by atoms with Gasteiger partial charge in [-0.3, -0.25) is 4.79 Å². The number of pyridine rings is 1. The summed E-state index contributed by atoms with van der Waals surface area (Å²) in [5, 5.41) is 3.20. The fraction of sp³-hybridized carbons (Fsp3) is 0.368. The molecule has 144 valence electrons. The van der Waals surface area contributed by atoms with Crippen LogP contribution in [-0.4, -0.2) is 36.7 Å². The summed E-state index contributed by atoms with van der Waals surface area (Å²) in [6.07, 6.45) is 1.26. The minimum atomic E-state index is -3.71. The highest BCUT2D eigenvalue weighted by molar-refractivity contribution is 7.89. The van der Waals surface area contributed by atoms with E-state index in [4.69, 9.17) is 11.6 Å². The highest BCUT2D eigenvalue weighted by atomic mass is 35.5. The molecular formula is C19H22ClN3O3S. The summed E-state index contributed by atoms with van der Waals surface area (Å²) in [5.41, 5.74) is 1.33. The van der Waals surface area contributed by atoms with Crippen molar-refractivity contribution >= 4 is 33.3 Å². The van der Waals surface area contributed by atoms with Crippen molar-refractivity contribution in [2.75, 3.05) is 18.4 Å². The standard InChI is InChI=1S/C19H22ClN3O3S/c1-13-6-3-10-18(21-13)22-19(24)15-7-5-11-23(12-15)27(25,26)17-9-4-8-16(20)14(17)2/h3-4,6,8-10,15H,5,7,11-12H2,1-2H3,(H,21,22,24). The van der Waals surface area contributed by atoms with Crippen molar-refractivity contribution in [3.05, 3.63) is 52.7 Å². The molecule has 0 radical (unpaired) electrons. The molecule has 2 aromatic rings. The first-order valence-corrected chi connectivity index (χ1v) is 10.6. The molecule has 27 heavy (non-hydrogen) atoms. The summed E-state index contributed by atoms with van der Waals surface area (Å²) in [7, 11) is -3.71. The van der Waals surface area contributed by atoms with Gasteiger partial charge in [0.15, 0.2) is 0 Å². The van der Waals surface area contributed by atoms with E-state index in [0.29, 0.717) is 35.8 Å². The summed E-state index contributed by atoms with van der Waals surface area (Å²) >= 11 is 6.09. The van der Waals surface area contributed by atoms with E-state index in [0.717, 1.165) is 5.69 Å². The Bertz CT molecular complexity index is 962. The number of carbonyl (C=O) groups excluding carboxylic acids is 1. The van der Waals surface area contributed by atoms with Crippen molar-refractivity contribution in [3.8, 4) is 0 Å².